The summed E-state index contributed by atoms with van der Waals surface area (Å²) in [5, 5.41) is 16.4. The number of imidazole rings is 1. The zero-order chi connectivity index (χ0) is 30.0. The summed E-state index contributed by atoms with van der Waals surface area (Å²) in [6, 6.07) is 23.0. The highest BCUT2D eigenvalue weighted by Gasteiger charge is 2.21. The van der Waals surface area contributed by atoms with Gasteiger partial charge in [-0.25, -0.2) is 9.50 Å². The molecular formula is C36H44N4O3. The summed E-state index contributed by atoms with van der Waals surface area (Å²) >= 11 is 0. The highest BCUT2D eigenvalue weighted by Crippen LogP contribution is 2.26. The van der Waals surface area contributed by atoms with Crippen LogP contribution in [0.25, 0.3) is 27.9 Å². The Morgan fingerprint density at radius 1 is 0.907 bits per heavy atom. The molecule has 0 saturated carbocycles. The van der Waals surface area contributed by atoms with Crippen LogP contribution in [-0.2, 0) is 4.79 Å². The number of phenols is 1. The summed E-state index contributed by atoms with van der Waals surface area (Å²) in [4.78, 5) is 18.1. The fourth-order valence-corrected chi connectivity index (χ4v) is 5.57. The number of rotatable bonds is 16. The summed E-state index contributed by atoms with van der Waals surface area (Å²) in [6.45, 7) is 4.08. The molecule has 0 radical (unpaired) electrons. The molecule has 0 saturated heterocycles. The summed E-state index contributed by atoms with van der Waals surface area (Å²) in [5.41, 5.74) is 6.25. The van der Waals surface area contributed by atoms with Gasteiger partial charge in [0.25, 0.3) is 5.91 Å². The number of fused-ring (bicyclic) bond motifs is 3. The number of hydrogen-bond donors (Lipinski definition) is 3. The quantitative estimate of drug-likeness (QED) is 0.101. The first-order chi connectivity index (χ1) is 21.0. The van der Waals surface area contributed by atoms with Gasteiger partial charge in [0.2, 0.25) is 0 Å². The van der Waals surface area contributed by atoms with Crippen molar-refractivity contribution in [1.29, 1.82) is 0 Å². The van der Waals surface area contributed by atoms with E-state index < -0.39 is 6.10 Å². The number of aryl methyl sites for hydroxylation is 1. The number of carbonyl (C=O) groups excluding carboxylic acids is 1. The standard InChI is InChI=1S/C36H44N4O3/c1-3-4-5-6-7-8-9-10-11-12-17-34(43-29-22-23-33(41)26(2)24-29)36(42)37-28-20-18-27(19-21-28)31-25-35-38-30-15-13-14-16-32(30)40(35)39-31/h13-16,18-25,34,39,41H,3-12,17H2,1-2H3,(H,37,42). The Hall–Kier alpha value is -4.26. The molecule has 2 aromatic heterocycles. The first-order valence-electron chi connectivity index (χ1n) is 15.9. The SMILES string of the molecule is CCCCCCCCCCCCC(Oc1ccc(O)c(C)c1)C(=O)Nc1ccc(-c2cc3nc4ccccc4n3[nH]2)cc1. The van der Waals surface area contributed by atoms with E-state index in [1.165, 1.54) is 51.4 Å². The topological polar surface area (TPSA) is 91.7 Å². The van der Waals surface area contributed by atoms with Crippen LogP contribution in [0.3, 0.4) is 0 Å². The Bertz CT molecular complexity index is 1620. The Balaban J connectivity index is 1.18. The van der Waals surface area contributed by atoms with Crippen molar-refractivity contribution in [3.63, 3.8) is 0 Å². The van der Waals surface area contributed by atoms with Gasteiger partial charge < -0.3 is 15.2 Å². The normalized spacial score (nSPS) is 12.1. The second kappa shape index (κ2) is 14.8. The molecule has 0 aliphatic rings. The number of ether oxygens (including phenoxy) is 1. The number of benzene rings is 3. The third-order valence-corrected chi connectivity index (χ3v) is 8.11. The van der Waals surface area contributed by atoms with Gasteiger partial charge in [-0.3, -0.25) is 9.89 Å². The number of nitrogens with zero attached hydrogens (tertiary/aromatic N) is 2. The molecular weight excluding hydrogens is 536 g/mol. The molecule has 226 valence electrons. The minimum Gasteiger partial charge on any atom is -0.508 e. The third-order valence-electron chi connectivity index (χ3n) is 8.11. The molecule has 0 bridgehead atoms. The third kappa shape index (κ3) is 7.98. The van der Waals surface area contributed by atoms with Crippen molar-refractivity contribution in [3.8, 4) is 22.8 Å². The van der Waals surface area contributed by atoms with Crippen LogP contribution in [0.2, 0.25) is 0 Å². The molecule has 0 spiro atoms. The van der Waals surface area contributed by atoms with Gasteiger partial charge >= 0.3 is 0 Å². The molecule has 0 aliphatic carbocycles. The number of para-hydroxylation sites is 2. The molecule has 1 atom stereocenters. The number of hydrogen-bond acceptors (Lipinski definition) is 4. The number of aromatic hydroxyl groups is 1. The van der Waals surface area contributed by atoms with E-state index in [4.69, 9.17) is 4.74 Å². The molecule has 7 heteroatoms. The van der Waals surface area contributed by atoms with Gasteiger partial charge in [-0.15, -0.1) is 0 Å². The summed E-state index contributed by atoms with van der Waals surface area (Å²) in [5.74, 6) is 0.632. The number of carbonyl (C=O) groups is 1. The number of amides is 1. The summed E-state index contributed by atoms with van der Waals surface area (Å²) < 4.78 is 8.17. The minimum absolute atomic E-state index is 0.167. The van der Waals surface area contributed by atoms with E-state index in [0.29, 0.717) is 17.9 Å². The lowest BCUT2D eigenvalue weighted by molar-refractivity contribution is -0.123. The lowest BCUT2D eigenvalue weighted by atomic mass is 10.0. The van der Waals surface area contributed by atoms with Crippen LogP contribution >= 0.6 is 0 Å². The Morgan fingerprint density at radius 3 is 2.33 bits per heavy atom. The maximum absolute atomic E-state index is 13.4. The van der Waals surface area contributed by atoms with Crippen LogP contribution in [0.15, 0.2) is 72.8 Å². The average molecular weight is 581 g/mol. The molecule has 7 nitrogen and oxygen atoms in total. The smallest absolute Gasteiger partial charge is 0.265 e. The molecule has 3 N–H and O–H groups in total. The van der Waals surface area contributed by atoms with Crippen LogP contribution in [0.4, 0.5) is 5.69 Å². The minimum atomic E-state index is -0.623. The summed E-state index contributed by atoms with van der Waals surface area (Å²) in [7, 11) is 0. The highest BCUT2D eigenvalue weighted by molar-refractivity contribution is 5.94. The van der Waals surface area contributed by atoms with E-state index in [2.05, 4.69) is 22.3 Å². The fraction of sp³-hybridized carbons (Fsp3) is 0.389. The molecule has 3 aromatic carbocycles. The van der Waals surface area contributed by atoms with E-state index >= 15 is 0 Å². The van der Waals surface area contributed by atoms with Gasteiger partial charge in [0.05, 0.1) is 16.7 Å². The number of aromatic amines is 1. The van der Waals surface area contributed by atoms with E-state index in [9.17, 15) is 9.90 Å². The van der Waals surface area contributed by atoms with Crippen molar-refractivity contribution >= 4 is 28.3 Å². The Morgan fingerprint density at radius 2 is 1.60 bits per heavy atom. The predicted octanol–water partition coefficient (Wildman–Crippen LogP) is 9.19. The van der Waals surface area contributed by atoms with Gasteiger partial charge in [-0.05, 0) is 73.4 Å². The number of aromatic nitrogens is 3. The lowest BCUT2D eigenvalue weighted by Crippen LogP contribution is -2.33. The van der Waals surface area contributed by atoms with Crippen molar-refractivity contribution in [3.05, 3.63) is 78.4 Å². The van der Waals surface area contributed by atoms with Gasteiger partial charge in [0, 0.05) is 11.8 Å². The first kappa shape index (κ1) is 30.2. The number of phenolic OH excluding ortho intramolecular Hbond substituents is 1. The van der Waals surface area contributed by atoms with Crippen LogP contribution in [-0.4, -0.2) is 31.7 Å². The van der Waals surface area contributed by atoms with E-state index in [1.54, 1.807) is 18.2 Å². The van der Waals surface area contributed by atoms with E-state index in [1.807, 2.05) is 66.0 Å². The molecule has 1 unspecified atom stereocenters. The van der Waals surface area contributed by atoms with Crippen LogP contribution in [0, 0.1) is 6.92 Å². The molecule has 5 rings (SSSR count). The molecule has 2 heterocycles. The molecule has 0 fully saturated rings. The van der Waals surface area contributed by atoms with Crippen molar-refractivity contribution in [1.82, 2.24) is 14.6 Å². The average Bonchev–Trinajstić information content (AvgIpc) is 3.58. The second-order valence-corrected chi connectivity index (χ2v) is 11.6. The van der Waals surface area contributed by atoms with Crippen LogP contribution in [0.5, 0.6) is 11.5 Å². The summed E-state index contributed by atoms with van der Waals surface area (Å²) in [6.07, 6.45) is 12.4. The van der Waals surface area contributed by atoms with Gasteiger partial charge in [0.1, 0.15) is 11.5 Å². The monoisotopic (exact) mass is 580 g/mol. The van der Waals surface area contributed by atoms with E-state index in [-0.39, 0.29) is 11.7 Å². The maximum Gasteiger partial charge on any atom is 0.265 e. The van der Waals surface area contributed by atoms with Crippen molar-refractivity contribution in [2.24, 2.45) is 0 Å². The number of nitrogens with one attached hydrogen (secondary N) is 2. The van der Waals surface area contributed by atoms with Crippen LogP contribution < -0.4 is 10.1 Å². The second-order valence-electron chi connectivity index (χ2n) is 11.6. The van der Waals surface area contributed by atoms with E-state index in [0.717, 1.165) is 46.3 Å². The zero-order valence-corrected chi connectivity index (χ0v) is 25.4. The number of H-pyrrole nitrogens is 1. The molecule has 5 aromatic rings. The molecule has 1 amide bonds. The maximum atomic E-state index is 13.4. The van der Waals surface area contributed by atoms with Gasteiger partial charge in [0.15, 0.2) is 11.8 Å². The van der Waals surface area contributed by atoms with Crippen molar-refractivity contribution in [2.45, 2.75) is 90.6 Å². The van der Waals surface area contributed by atoms with Gasteiger partial charge in [-0.2, -0.15) is 0 Å². The van der Waals surface area contributed by atoms with Crippen molar-refractivity contribution in [2.75, 3.05) is 5.32 Å². The Labute approximate surface area is 254 Å². The van der Waals surface area contributed by atoms with Crippen molar-refractivity contribution < 1.29 is 14.6 Å². The number of anilines is 1. The van der Waals surface area contributed by atoms with Gasteiger partial charge in [-0.1, -0.05) is 89.0 Å². The van der Waals surface area contributed by atoms with Crippen LogP contribution in [0.1, 0.15) is 83.1 Å². The Kier molecular flexibility index (Phi) is 10.4. The zero-order valence-electron chi connectivity index (χ0n) is 25.4. The largest absolute Gasteiger partial charge is 0.508 e. The predicted molar refractivity (Wildman–Crippen MR) is 175 cm³/mol. The highest BCUT2D eigenvalue weighted by atomic mass is 16.5. The lowest BCUT2D eigenvalue weighted by Gasteiger charge is -2.19. The fourth-order valence-electron chi connectivity index (χ4n) is 5.57. The number of unbranched alkanes of at least 4 members (excludes halogenated alkanes) is 9. The molecule has 43 heavy (non-hydrogen) atoms. The molecule has 0 aliphatic heterocycles. The first-order valence-corrected chi connectivity index (χ1v) is 15.9.